The first kappa shape index (κ1) is 18.7. The standard InChI is InChI=1S/C24H22N4O/c25-16-20-13-7-8-14-21(20)24(29)28-23(26-17-18-9-3-1-4-10-18)15-22(27-28)19-11-5-2-6-12-19/h1-15,26H,16-17,25H2. The van der Waals surface area contributed by atoms with E-state index >= 15 is 0 Å². The Morgan fingerprint density at radius 1 is 0.897 bits per heavy atom. The Hall–Kier alpha value is -3.70. The highest BCUT2D eigenvalue weighted by Gasteiger charge is 2.19. The lowest BCUT2D eigenvalue weighted by atomic mass is 10.1. The predicted octanol–water partition coefficient (Wildman–Crippen LogP) is 4.31. The van der Waals surface area contributed by atoms with Gasteiger partial charge in [-0.2, -0.15) is 9.78 Å². The van der Waals surface area contributed by atoms with E-state index in [0.29, 0.717) is 24.5 Å². The zero-order valence-corrected chi connectivity index (χ0v) is 16.0. The molecule has 0 unspecified atom stereocenters. The first-order valence-electron chi connectivity index (χ1n) is 9.52. The molecule has 5 heteroatoms. The Labute approximate surface area is 169 Å². The smallest absolute Gasteiger partial charge is 0.280 e. The van der Waals surface area contributed by atoms with Crippen molar-refractivity contribution < 1.29 is 4.79 Å². The van der Waals surface area contributed by atoms with Crippen molar-refractivity contribution in [2.75, 3.05) is 5.32 Å². The van der Waals surface area contributed by atoms with E-state index in [4.69, 9.17) is 5.73 Å². The number of nitrogens with two attached hydrogens (primary N) is 1. The molecule has 144 valence electrons. The van der Waals surface area contributed by atoms with Crippen LogP contribution in [0.4, 0.5) is 5.82 Å². The van der Waals surface area contributed by atoms with Crippen LogP contribution in [-0.2, 0) is 13.1 Å². The molecule has 0 amide bonds. The minimum Gasteiger partial charge on any atom is -0.366 e. The van der Waals surface area contributed by atoms with E-state index in [-0.39, 0.29) is 5.91 Å². The number of aromatic nitrogens is 2. The van der Waals surface area contributed by atoms with Gasteiger partial charge in [0.2, 0.25) is 0 Å². The second-order valence-electron chi connectivity index (χ2n) is 6.70. The minimum absolute atomic E-state index is 0.205. The molecule has 4 aromatic rings. The molecule has 29 heavy (non-hydrogen) atoms. The number of nitrogens with zero attached hydrogens (tertiary/aromatic N) is 2. The molecule has 0 radical (unpaired) electrons. The highest BCUT2D eigenvalue weighted by molar-refractivity contribution is 5.99. The molecule has 4 rings (SSSR count). The third-order valence-corrected chi connectivity index (χ3v) is 4.76. The third kappa shape index (κ3) is 4.10. The van der Waals surface area contributed by atoms with Gasteiger partial charge in [0.1, 0.15) is 5.82 Å². The van der Waals surface area contributed by atoms with Crippen molar-refractivity contribution in [2.24, 2.45) is 5.73 Å². The number of nitrogens with one attached hydrogen (secondary N) is 1. The molecule has 0 bridgehead atoms. The number of carbonyl (C=O) groups excluding carboxylic acids is 1. The van der Waals surface area contributed by atoms with Gasteiger partial charge in [-0.25, -0.2) is 0 Å². The predicted molar refractivity (Wildman–Crippen MR) is 115 cm³/mol. The molecule has 5 nitrogen and oxygen atoms in total. The first-order chi connectivity index (χ1) is 14.3. The summed E-state index contributed by atoms with van der Waals surface area (Å²) in [5.41, 5.74) is 10.00. The van der Waals surface area contributed by atoms with Crippen molar-refractivity contribution in [3.8, 4) is 11.3 Å². The molecule has 0 aliphatic rings. The van der Waals surface area contributed by atoms with Crippen LogP contribution in [0.2, 0.25) is 0 Å². The van der Waals surface area contributed by atoms with Crippen LogP contribution >= 0.6 is 0 Å². The molecule has 3 N–H and O–H groups in total. The van der Waals surface area contributed by atoms with Crippen LogP contribution in [0.3, 0.4) is 0 Å². The van der Waals surface area contributed by atoms with Gasteiger partial charge in [0, 0.05) is 30.3 Å². The monoisotopic (exact) mass is 382 g/mol. The number of benzene rings is 3. The first-order valence-corrected chi connectivity index (χ1v) is 9.52. The summed E-state index contributed by atoms with van der Waals surface area (Å²) in [5.74, 6) is 0.438. The number of hydrogen-bond donors (Lipinski definition) is 2. The molecule has 0 saturated carbocycles. The number of hydrogen-bond acceptors (Lipinski definition) is 4. The molecule has 0 saturated heterocycles. The van der Waals surface area contributed by atoms with Gasteiger partial charge in [-0.1, -0.05) is 78.9 Å². The Kier molecular flexibility index (Phi) is 5.49. The fourth-order valence-corrected chi connectivity index (χ4v) is 3.22. The number of anilines is 1. The zero-order chi connectivity index (χ0) is 20.1. The summed E-state index contributed by atoms with van der Waals surface area (Å²) in [7, 11) is 0. The summed E-state index contributed by atoms with van der Waals surface area (Å²) in [6.45, 7) is 0.883. The molecular formula is C24H22N4O. The molecule has 1 aromatic heterocycles. The lowest BCUT2D eigenvalue weighted by Crippen LogP contribution is -2.19. The van der Waals surface area contributed by atoms with Crippen LogP contribution in [-0.4, -0.2) is 15.7 Å². The SMILES string of the molecule is NCc1ccccc1C(=O)n1nc(-c2ccccc2)cc1NCc1ccccc1. The lowest BCUT2D eigenvalue weighted by Gasteiger charge is -2.11. The van der Waals surface area contributed by atoms with E-state index in [1.54, 1.807) is 6.07 Å². The second-order valence-corrected chi connectivity index (χ2v) is 6.70. The van der Waals surface area contributed by atoms with Gasteiger partial charge in [-0.05, 0) is 17.2 Å². The fraction of sp³-hybridized carbons (Fsp3) is 0.0833. The van der Waals surface area contributed by atoms with Gasteiger partial charge < -0.3 is 11.1 Å². The number of rotatable bonds is 6. The van der Waals surface area contributed by atoms with Crippen molar-refractivity contribution in [3.05, 3.63) is 108 Å². The molecular weight excluding hydrogens is 360 g/mol. The zero-order valence-electron chi connectivity index (χ0n) is 16.0. The maximum atomic E-state index is 13.3. The van der Waals surface area contributed by atoms with E-state index in [9.17, 15) is 4.79 Å². The quantitative estimate of drug-likeness (QED) is 0.521. The maximum absolute atomic E-state index is 13.3. The topological polar surface area (TPSA) is 72.9 Å². The van der Waals surface area contributed by atoms with E-state index in [2.05, 4.69) is 10.4 Å². The Morgan fingerprint density at radius 2 is 1.55 bits per heavy atom. The van der Waals surface area contributed by atoms with Gasteiger partial charge in [0.25, 0.3) is 5.91 Å². The maximum Gasteiger partial charge on any atom is 0.280 e. The van der Waals surface area contributed by atoms with E-state index in [1.165, 1.54) is 4.68 Å². The summed E-state index contributed by atoms with van der Waals surface area (Å²) < 4.78 is 1.43. The highest BCUT2D eigenvalue weighted by atomic mass is 16.2. The summed E-state index contributed by atoms with van der Waals surface area (Å²) >= 11 is 0. The van der Waals surface area contributed by atoms with Crippen molar-refractivity contribution in [1.82, 2.24) is 9.78 Å². The normalized spacial score (nSPS) is 10.7. The summed E-state index contributed by atoms with van der Waals surface area (Å²) in [6, 6.07) is 29.1. The lowest BCUT2D eigenvalue weighted by molar-refractivity contribution is 0.0947. The molecule has 0 aliphatic heterocycles. The minimum atomic E-state index is -0.205. The van der Waals surface area contributed by atoms with Gasteiger partial charge in [-0.3, -0.25) is 4.79 Å². The summed E-state index contributed by atoms with van der Waals surface area (Å²) in [4.78, 5) is 13.3. The molecule has 1 heterocycles. The van der Waals surface area contributed by atoms with Crippen molar-refractivity contribution in [1.29, 1.82) is 0 Å². The fourth-order valence-electron chi connectivity index (χ4n) is 3.22. The Balaban J connectivity index is 1.72. The van der Waals surface area contributed by atoms with E-state index < -0.39 is 0 Å². The van der Waals surface area contributed by atoms with E-state index in [1.807, 2.05) is 84.9 Å². The summed E-state index contributed by atoms with van der Waals surface area (Å²) in [5, 5.41) is 7.96. The van der Waals surface area contributed by atoms with Crippen LogP contribution in [0.1, 0.15) is 21.5 Å². The van der Waals surface area contributed by atoms with Crippen LogP contribution < -0.4 is 11.1 Å². The van der Waals surface area contributed by atoms with Crippen molar-refractivity contribution >= 4 is 11.7 Å². The van der Waals surface area contributed by atoms with Crippen molar-refractivity contribution in [3.63, 3.8) is 0 Å². The van der Waals surface area contributed by atoms with Gasteiger partial charge in [0.05, 0.1) is 5.69 Å². The van der Waals surface area contributed by atoms with Gasteiger partial charge in [0.15, 0.2) is 0 Å². The van der Waals surface area contributed by atoms with Crippen LogP contribution in [0.25, 0.3) is 11.3 Å². The van der Waals surface area contributed by atoms with E-state index in [0.717, 1.165) is 22.4 Å². The molecule has 0 atom stereocenters. The largest absolute Gasteiger partial charge is 0.366 e. The van der Waals surface area contributed by atoms with Crippen LogP contribution in [0.15, 0.2) is 91.0 Å². The number of carbonyl (C=O) groups is 1. The average molecular weight is 382 g/mol. The molecule has 3 aromatic carbocycles. The van der Waals surface area contributed by atoms with Gasteiger partial charge in [-0.15, -0.1) is 0 Å². The van der Waals surface area contributed by atoms with Crippen LogP contribution in [0, 0.1) is 0 Å². The molecule has 0 aliphatic carbocycles. The Bertz CT molecular complexity index is 1100. The average Bonchev–Trinajstić information content (AvgIpc) is 3.23. The molecule has 0 spiro atoms. The van der Waals surface area contributed by atoms with Crippen LogP contribution in [0.5, 0.6) is 0 Å². The summed E-state index contributed by atoms with van der Waals surface area (Å²) in [6.07, 6.45) is 0. The second kappa shape index (κ2) is 8.54. The Morgan fingerprint density at radius 3 is 2.28 bits per heavy atom. The third-order valence-electron chi connectivity index (χ3n) is 4.76. The van der Waals surface area contributed by atoms with Gasteiger partial charge >= 0.3 is 0 Å². The molecule has 0 fully saturated rings. The van der Waals surface area contributed by atoms with Crippen molar-refractivity contribution in [2.45, 2.75) is 13.1 Å². The highest BCUT2D eigenvalue weighted by Crippen LogP contribution is 2.24.